The summed E-state index contributed by atoms with van der Waals surface area (Å²) >= 11 is 0. The maximum atomic E-state index is 12.5. The molecule has 2 rings (SSSR count). The molecular weight excluding hydrogens is 280 g/mol. The number of ether oxygens (including phenoxy) is 2. The first kappa shape index (κ1) is 17.4. The first-order valence-electron chi connectivity index (χ1n) is 8.48. The van der Waals surface area contributed by atoms with E-state index >= 15 is 0 Å². The second-order valence-corrected chi connectivity index (χ2v) is 6.31. The molecule has 0 N–H and O–H groups in total. The minimum Gasteiger partial charge on any atom is -0.381 e. The van der Waals surface area contributed by atoms with Gasteiger partial charge in [0, 0.05) is 44.9 Å². The lowest BCUT2D eigenvalue weighted by molar-refractivity contribution is -0.148. The Kier molecular flexibility index (Phi) is 6.86. The van der Waals surface area contributed by atoms with Gasteiger partial charge in [0.1, 0.15) is 6.10 Å². The number of carbonyl (C=O) groups is 1. The van der Waals surface area contributed by atoms with Crippen molar-refractivity contribution in [3.63, 3.8) is 0 Å². The van der Waals surface area contributed by atoms with Crippen molar-refractivity contribution in [1.29, 1.82) is 0 Å². The van der Waals surface area contributed by atoms with Gasteiger partial charge >= 0.3 is 0 Å². The first-order chi connectivity index (χ1) is 10.6. The summed E-state index contributed by atoms with van der Waals surface area (Å²) in [5, 5.41) is 0. The van der Waals surface area contributed by atoms with Crippen LogP contribution >= 0.6 is 0 Å². The van der Waals surface area contributed by atoms with Gasteiger partial charge in [-0.3, -0.25) is 9.69 Å². The monoisotopic (exact) mass is 310 g/mol. The Morgan fingerprint density at radius 1 is 1.41 bits per heavy atom. The number of piperazine rings is 1. The quantitative estimate of drug-likeness (QED) is 0.553. The summed E-state index contributed by atoms with van der Waals surface area (Å²) in [6, 6.07) is 0.865. The van der Waals surface area contributed by atoms with Gasteiger partial charge < -0.3 is 14.4 Å². The number of hydrogen-bond acceptors (Lipinski definition) is 4. The van der Waals surface area contributed by atoms with Gasteiger partial charge in [0.05, 0.1) is 6.61 Å². The fraction of sp³-hybridized carbons (Fsp3) is 0.824. The first-order valence-corrected chi connectivity index (χ1v) is 8.48. The number of rotatable bonds is 6. The van der Waals surface area contributed by atoms with Gasteiger partial charge in [-0.1, -0.05) is 6.08 Å². The molecule has 5 nitrogen and oxygen atoms in total. The Bertz CT molecular complexity index is 369. The summed E-state index contributed by atoms with van der Waals surface area (Å²) in [6.07, 6.45) is 4.46. The van der Waals surface area contributed by atoms with Crippen molar-refractivity contribution in [1.82, 2.24) is 9.80 Å². The molecule has 2 aliphatic heterocycles. The van der Waals surface area contributed by atoms with Gasteiger partial charge in [-0.05, 0) is 33.1 Å². The van der Waals surface area contributed by atoms with Crippen molar-refractivity contribution >= 4 is 5.91 Å². The smallest absolute Gasteiger partial charge is 0.251 e. The fourth-order valence-electron chi connectivity index (χ4n) is 3.33. The summed E-state index contributed by atoms with van der Waals surface area (Å²) in [6.45, 7) is 12.7. The second-order valence-electron chi connectivity index (χ2n) is 6.31. The van der Waals surface area contributed by atoms with Crippen LogP contribution in [0.2, 0.25) is 0 Å². The Balaban J connectivity index is 1.81. The van der Waals surface area contributed by atoms with Crippen molar-refractivity contribution in [2.24, 2.45) is 0 Å². The van der Waals surface area contributed by atoms with Crippen LogP contribution in [0.1, 0.15) is 33.1 Å². The van der Waals surface area contributed by atoms with E-state index in [2.05, 4.69) is 18.4 Å². The number of amides is 1. The Morgan fingerprint density at radius 2 is 2.14 bits per heavy atom. The fourth-order valence-corrected chi connectivity index (χ4v) is 3.33. The van der Waals surface area contributed by atoms with Gasteiger partial charge in [-0.15, -0.1) is 6.58 Å². The highest BCUT2D eigenvalue weighted by Crippen LogP contribution is 2.20. The molecule has 5 heteroatoms. The van der Waals surface area contributed by atoms with Crippen LogP contribution in [0.5, 0.6) is 0 Å². The standard InChI is InChI=1S/C17H30N2O3/c1-4-5-10-22-15(3)17(20)19-9-8-18(13-14(19)2)16-6-11-21-12-7-16/h4,14-16H,1,5-13H2,2-3H3/t14-,15-/m0/s1. The molecule has 2 fully saturated rings. The molecule has 2 saturated heterocycles. The molecule has 0 radical (unpaired) electrons. The Hall–Kier alpha value is -0.910. The summed E-state index contributed by atoms with van der Waals surface area (Å²) in [5.74, 6) is 0.114. The lowest BCUT2D eigenvalue weighted by atomic mass is 10.0. The van der Waals surface area contributed by atoms with Crippen molar-refractivity contribution < 1.29 is 14.3 Å². The predicted molar refractivity (Wildman–Crippen MR) is 86.8 cm³/mol. The zero-order valence-electron chi connectivity index (χ0n) is 14.0. The molecular formula is C17H30N2O3. The van der Waals surface area contributed by atoms with E-state index in [0.717, 1.165) is 52.1 Å². The summed E-state index contributed by atoms with van der Waals surface area (Å²) in [5.41, 5.74) is 0. The molecule has 0 aromatic rings. The van der Waals surface area contributed by atoms with Crippen LogP contribution in [0.15, 0.2) is 12.7 Å². The topological polar surface area (TPSA) is 42.0 Å². The van der Waals surface area contributed by atoms with Crippen LogP contribution in [0, 0.1) is 0 Å². The van der Waals surface area contributed by atoms with Crippen molar-refractivity contribution in [2.75, 3.05) is 39.5 Å². The molecule has 2 atom stereocenters. The summed E-state index contributed by atoms with van der Waals surface area (Å²) < 4.78 is 11.0. The molecule has 0 spiro atoms. The third-order valence-corrected chi connectivity index (χ3v) is 4.69. The van der Waals surface area contributed by atoms with E-state index in [9.17, 15) is 4.79 Å². The second kappa shape index (κ2) is 8.65. The molecule has 0 aromatic heterocycles. The van der Waals surface area contributed by atoms with Gasteiger partial charge in [-0.25, -0.2) is 0 Å². The maximum Gasteiger partial charge on any atom is 0.251 e. The number of nitrogens with zero attached hydrogens (tertiary/aromatic N) is 2. The third kappa shape index (κ3) is 4.54. The van der Waals surface area contributed by atoms with E-state index in [1.165, 1.54) is 0 Å². The van der Waals surface area contributed by atoms with E-state index in [1.54, 1.807) is 0 Å². The molecule has 0 saturated carbocycles. The highest BCUT2D eigenvalue weighted by atomic mass is 16.5. The maximum absolute atomic E-state index is 12.5. The number of carbonyl (C=O) groups excluding carboxylic acids is 1. The summed E-state index contributed by atoms with van der Waals surface area (Å²) in [7, 11) is 0. The minimum absolute atomic E-state index is 0.114. The van der Waals surface area contributed by atoms with Gasteiger partial charge in [-0.2, -0.15) is 0 Å². The largest absolute Gasteiger partial charge is 0.381 e. The zero-order chi connectivity index (χ0) is 15.9. The number of hydrogen-bond donors (Lipinski definition) is 0. The van der Waals surface area contributed by atoms with Crippen LogP contribution in [-0.4, -0.2) is 73.3 Å². The Morgan fingerprint density at radius 3 is 2.77 bits per heavy atom. The van der Waals surface area contributed by atoms with E-state index < -0.39 is 0 Å². The average Bonchev–Trinajstić information content (AvgIpc) is 2.55. The van der Waals surface area contributed by atoms with Crippen LogP contribution in [0.25, 0.3) is 0 Å². The van der Waals surface area contributed by atoms with Gasteiger partial charge in [0.2, 0.25) is 0 Å². The van der Waals surface area contributed by atoms with Gasteiger partial charge in [0.15, 0.2) is 0 Å². The molecule has 0 bridgehead atoms. The molecule has 2 aliphatic rings. The van der Waals surface area contributed by atoms with Crippen LogP contribution in [-0.2, 0) is 14.3 Å². The Labute approximate surface area is 134 Å². The molecule has 0 unspecified atom stereocenters. The normalized spacial score (nSPS) is 25.9. The van der Waals surface area contributed by atoms with Crippen molar-refractivity contribution in [3.05, 3.63) is 12.7 Å². The van der Waals surface area contributed by atoms with Crippen molar-refractivity contribution in [3.8, 4) is 0 Å². The van der Waals surface area contributed by atoms with Crippen LogP contribution in [0.4, 0.5) is 0 Å². The molecule has 2 heterocycles. The molecule has 22 heavy (non-hydrogen) atoms. The zero-order valence-corrected chi connectivity index (χ0v) is 14.0. The van der Waals surface area contributed by atoms with E-state index in [-0.39, 0.29) is 18.1 Å². The average molecular weight is 310 g/mol. The van der Waals surface area contributed by atoms with Crippen molar-refractivity contribution in [2.45, 2.75) is 51.3 Å². The van der Waals surface area contributed by atoms with E-state index in [4.69, 9.17) is 9.47 Å². The summed E-state index contributed by atoms with van der Waals surface area (Å²) in [4.78, 5) is 17.0. The van der Waals surface area contributed by atoms with Crippen LogP contribution in [0.3, 0.4) is 0 Å². The third-order valence-electron chi connectivity index (χ3n) is 4.69. The van der Waals surface area contributed by atoms with Gasteiger partial charge in [0.25, 0.3) is 5.91 Å². The molecule has 0 aliphatic carbocycles. The van der Waals surface area contributed by atoms with E-state index in [0.29, 0.717) is 12.6 Å². The van der Waals surface area contributed by atoms with E-state index in [1.807, 2.05) is 17.9 Å². The predicted octanol–water partition coefficient (Wildman–Crippen LogP) is 1.68. The highest BCUT2D eigenvalue weighted by molar-refractivity contribution is 5.81. The lowest BCUT2D eigenvalue weighted by Gasteiger charge is -2.44. The minimum atomic E-state index is -0.364. The molecule has 126 valence electrons. The molecule has 1 amide bonds. The SMILES string of the molecule is C=CCCO[C@@H](C)C(=O)N1CCN(C2CCOCC2)C[C@@H]1C. The van der Waals surface area contributed by atoms with Crippen LogP contribution < -0.4 is 0 Å². The highest BCUT2D eigenvalue weighted by Gasteiger charge is 2.33. The molecule has 0 aromatic carbocycles. The lowest BCUT2D eigenvalue weighted by Crippen LogP contribution is -2.58.